The SMILES string of the molecule is CCN(CC1CCN(C)CC1)C1CCc2ccc(N)cc2C1. The smallest absolute Gasteiger partial charge is 0.0316 e. The van der Waals surface area contributed by atoms with Gasteiger partial charge in [0, 0.05) is 18.3 Å². The van der Waals surface area contributed by atoms with Crippen molar-refractivity contribution in [2.45, 2.75) is 45.1 Å². The van der Waals surface area contributed by atoms with Crippen LogP contribution in [-0.2, 0) is 12.8 Å². The molecule has 3 rings (SSSR count). The highest BCUT2D eigenvalue weighted by Crippen LogP contribution is 2.28. The largest absolute Gasteiger partial charge is 0.399 e. The van der Waals surface area contributed by atoms with E-state index in [0.29, 0.717) is 6.04 Å². The first-order valence-electron chi connectivity index (χ1n) is 8.95. The van der Waals surface area contributed by atoms with Crippen molar-refractivity contribution in [2.24, 2.45) is 5.92 Å². The van der Waals surface area contributed by atoms with Crippen LogP contribution in [-0.4, -0.2) is 49.1 Å². The number of likely N-dealkylation sites (N-methyl/N-ethyl adjacent to an activating group) is 1. The molecule has 1 aromatic rings. The number of nitrogen functional groups attached to an aromatic ring is 1. The molecule has 1 aliphatic heterocycles. The molecule has 0 aromatic heterocycles. The van der Waals surface area contributed by atoms with Crippen molar-refractivity contribution in [3.05, 3.63) is 29.3 Å². The number of benzene rings is 1. The van der Waals surface area contributed by atoms with Crippen LogP contribution in [0, 0.1) is 5.92 Å². The molecule has 1 heterocycles. The Labute approximate surface area is 135 Å². The highest BCUT2D eigenvalue weighted by atomic mass is 15.2. The zero-order chi connectivity index (χ0) is 15.5. The zero-order valence-corrected chi connectivity index (χ0v) is 14.2. The van der Waals surface area contributed by atoms with Crippen molar-refractivity contribution in [2.75, 3.05) is 39.0 Å². The van der Waals surface area contributed by atoms with E-state index in [4.69, 9.17) is 5.73 Å². The van der Waals surface area contributed by atoms with Gasteiger partial charge in [-0.3, -0.25) is 0 Å². The minimum Gasteiger partial charge on any atom is -0.399 e. The first-order valence-corrected chi connectivity index (χ1v) is 8.95. The van der Waals surface area contributed by atoms with Crippen molar-refractivity contribution in [3.63, 3.8) is 0 Å². The van der Waals surface area contributed by atoms with Gasteiger partial charge in [0.15, 0.2) is 0 Å². The lowest BCUT2D eigenvalue weighted by atomic mass is 9.86. The summed E-state index contributed by atoms with van der Waals surface area (Å²) in [6.07, 6.45) is 6.43. The molecule has 0 saturated carbocycles. The summed E-state index contributed by atoms with van der Waals surface area (Å²) in [7, 11) is 2.25. The van der Waals surface area contributed by atoms with Gasteiger partial charge >= 0.3 is 0 Å². The molecule has 0 amide bonds. The van der Waals surface area contributed by atoms with Crippen LogP contribution in [0.25, 0.3) is 0 Å². The Morgan fingerprint density at radius 1 is 1.18 bits per heavy atom. The van der Waals surface area contributed by atoms with Crippen molar-refractivity contribution >= 4 is 5.69 Å². The standard InChI is InChI=1S/C19H31N3/c1-3-22(14-15-8-10-21(2)11-9-15)19-7-5-16-4-6-18(20)12-17(16)13-19/h4,6,12,15,19H,3,5,7-11,13-14,20H2,1-2H3. The lowest BCUT2D eigenvalue weighted by molar-refractivity contribution is 0.124. The summed E-state index contributed by atoms with van der Waals surface area (Å²) in [5.41, 5.74) is 9.89. The summed E-state index contributed by atoms with van der Waals surface area (Å²) < 4.78 is 0. The van der Waals surface area contributed by atoms with Gasteiger partial charge in [0.25, 0.3) is 0 Å². The normalized spacial score (nSPS) is 23.7. The molecule has 0 spiro atoms. The minimum atomic E-state index is 0.707. The van der Waals surface area contributed by atoms with E-state index < -0.39 is 0 Å². The van der Waals surface area contributed by atoms with E-state index in [0.717, 1.165) is 11.6 Å². The summed E-state index contributed by atoms with van der Waals surface area (Å²) in [5, 5.41) is 0. The molecule has 1 fully saturated rings. The van der Waals surface area contributed by atoms with Gasteiger partial charge in [-0.2, -0.15) is 0 Å². The molecule has 0 radical (unpaired) electrons. The molecule has 22 heavy (non-hydrogen) atoms. The van der Waals surface area contributed by atoms with Crippen molar-refractivity contribution in [3.8, 4) is 0 Å². The number of rotatable bonds is 4. The van der Waals surface area contributed by atoms with Crippen LogP contribution >= 0.6 is 0 Å². The van der Waals surface area contributed by atoms with E-state index in [-0.39, 0.29) is 0 Å². The Morgan fingerprint density at radius 2 is 1.95 bits per heavy atom. The van der Waals surface area contributed by atoms with Crippen molar-refractivity contribution < 1.29 is 0 Å². The predicted molar refractivity (Wildman–Crippen MR) is 94.1 cm³/mol. The maximum atomic E-state index is 5.98. The number of hydrogen-bond acceptors (Lipinski definition) is 3. The van der Waals surface area contributed by atoms with Gasteiger partial charge in [-0.25, -0.2) is 0 Å². The lowest BCUT2D eigenvalue weighted by Gasteiger charge is -2.38. The molecule has 1 unspecified atom stereocenters. The quantitative estimate of drug-likeness (QED) is 0.868. The molecule has 1 aliphatic carbocycles. The van der Waals surface area contributed by atoms with E-state index >= 15 is 0 Å². The van der Waals surface area contributed by atoms with Crippen LogP contribution < -0.4 is 5.73 Å². The Balaban J connectivity index is 1.62. The summed E-state index contributed by atoms with van der Waals surface area (Å²) in [6, 6.07) is 7.19. The summed E-state index contributed by atoms with van der Waals surface area (Å²) >= 11 is 0. The van der Waals surface area contributed by atoms with E-state index in [9.17, 15) is 0 Å². The van der Waals surface area contributed by atoms with Gasteiger partial charge in [0.1, 0.15) is 0 Å². The third kappa shape index (κ3) is 3.64. The maximum Gasteiger partial charge on any atom is 0.0316 e. The first kappa shape index (κ1) is 15.8. The van der Waals surface area contributed by atoms with Crippen LogP contribution in [0.2, 0.25) is 0 Å². The van der Waals surface area contributed by atoms with Gasteiger partial charge in [0.05, 0.1) is 0 Å². The fourth-order valence-electron chi connectivity index (χ4n) is 4.18. The Morgan fingerprint density at radius 3 is 2.68 bits per heavy atom. The molecule has 1 saturated heterocycles. The number of nitrogens with zero attached hydrogens (tertiary/aromatic N) is 2. The number of likely N-dealkylation sites (tertiary alicyclic amines) is 1. The Hall–Kier alpha value is -1.06. The van der Waals surface area contributed by atoms with E-state index in [1.54, 1.807) is 0 Å². The molecule has 3 heteroatoms. The van der Waals surface area contributed by atoms with Gasteiger partial charge in [-0.05, 0) is 88.0 Å². The van der Waals surface area contributed by atoms with Crippen LogP contribution in [0.15, 0.2) is 18.2 Å². The average molecular weight is 301 g/mol. The second-order valence-corrected chi connectivity index (χ2v) is 7.26. The first-order chi connectivity index (χ1) is 10.7. The van der Waals surface area contributed by atoms with E-state index in [2.05, 4.69) is 42.0 Å². The second kappa shape index (κ2) is 7.01. The molecular formula is C19H31N3. The molecule has 2 aliphatic rings. The number of hydrogen-bond donors (Lipinski definition) is 1. The van der Waals surface area contributed by atoms with Crippen LogP contribution in [0.4, 0.5) is 5.69 Å². The molecule has 1 aromatic carbocycles. The van der Waals surface area contributed by atoms with Crippen LogP contribution in [0.1, 0.15) is 37.3 Å². The third-order valence-electron chi connectivity index (χ3n) is 5.69. The molecule has 3 nitrogen and oxygen atoms in total. The van der Waals surface area contributed by atoms with Crippen molar-refractivity contribution in [1.82, 2.24) is 9.80 Å². The van der Waals surface area contributed by atoms with Gasteiger partial charge in [-0.15, -0.1) is 0 Å². The number of fused-ring (bicyclic) bond motifs is 1. The topological polar surface area (TPSA) is 32.5 Å². The number of anilines is 1. The average Bonchev–Trinajstić information content (AvgIpc) is 2.53. The lowest BCUT2D eigenvalue weighted by Crippen LogP contribution is -2.44. The zero-order valence-electron chi connectivity index (χ0n) is 14.2. The number of nitrogens with two attached hydrogens (primary N) is 1. The highest BCUT2D eigenvalue weighted by Gasteiger charge is 2.26. The van der Waals surface area contributed by atoms with Crippen LogP contribution in [0.5, 0.6) is 0 Å². The van der Waals surface area contributed by atoms with Crippen LogP contribution in [0.3, 0.4) is 0 Å². The van der Waals surface area contributed by atoms with Gasteiger partial charge < -0.3 is 15.5 Å². The molecule has 122 valence electrons. The summed E-state index contributed by atoms with van der Waals surface area (Å²) in [4.78, 5) is 5.20. The number of piperidine rings is 1. The summed E-state index contributed by atoms with van der Waals surface area (Å²) in [5.74, 6) is 0.887. The Kier molecular flexibility index (Phi) is 5.04. The fourth-order valence-corrected chi connectivity index (χ4v) is 4.18. The third-order valence-corrected chi connectivity index (χ3v) is 5.69. The molecule has 2 N–H and O–H groups in total. The highest BCUT2D eigenvalue weighted by molar-refractivity contribution is 5.46. The van der Waals surface area contributed by atoms with Gasteiger partial charge in [-0.1, -0.05) is 13.0 Å². The molecule has 0 bridgehead atoms. The summed E-state index contributed by atoms with van der Waals surface area (Å²) in [6.45, 7) is 7.32. The minimum absolute atomic E-state index is 0.707. The number of aryl methyl sites for hydroxylation is 1. The fraction of sp³-hybridized carbons (Fsp3) is 0.684. The predicted octanol–water partition coefficient (Wildman–Crippen LogP) is 2.79. The van der Waals surface area contributed by atoms with Gasteiger partial charge in [0.2, 0.25) is 0 Å². The second-order valence-electron chi connectivity index (χ2n) is 7.26. The van der Waals surface area contributed by atoms with Crippen molar-refractivity contribution in [1.29, 1.82) is 0 Å². The monoisotopic (exact) mass is 301 g/mol. The van der Waals surface area contributed by atoms with E-state index in [1.165, 1.54) is 69.4 Å². The molecular weight excluding hydrogens is 270 g/mol. The molecule has 1 atom stereocenters. The maximum absolute atomic E-state index is 5.98. The Bertz CT molecular complexity index is 491. The van der Waals surface area contributed by atoms with E-state index in [1.807, 2.05) is 0 Å².